The number of carboxylic acid groups (broad SMARTS) is 1. The van der Waals surface area contributed by atoms with Crippen molar-refractivity contribution in [1.82, 2.24) is 0 Å². The number of carboxylic acids is 1. The van der Waals surface area contributed by atoms with Crippen molar-refractivity contribution in [2.45, 2.75) is 17.1 Å². The van der Waals surface area contributed by atoms with E-state index in [1.807, 2.05) is 6.07 Å². The Morgan fingerprint density at radius 2 is 2.47 bits per heavy atom. The summed E-state index contributed by atoms with van der Waals surface area (Å²) in [6.45, 7) is 2.23. The van der Waals surface area contributed by atoms with Gasteiger partial charge in [0.1, 0.15) is 17.4 Å². The fourth-order valence-electron chi connectivity index (χ4n) is 1.45. The van der Waals surface area contributed by atoms with Gasteiger partial charge in [0.25, 0.3) is 0 Å². The maximum Gasteiger partial charge on any atom is 0.341 e. The molecule has 0 aliphatic carbocycles. The fraction of sp³-hybridized carbons (Fsp3) is 0.364. The molecule has 6 heteroatoms. The van der Waals surface area contributed by atoms with Crippen molar-refractivity contribution in [3.05, 3.63) is 17.2 Å². The van der Waals surface area contributed by atoms with Gasteiger partial charge in [-0.05, 0) is 19.1 Å². The highest BCUT2D eigenvalue weighted by atomic mass is 35.5. The van der Waals surface area contributed by atoms with Crippen LogP contribution in [-0.2, 0) is 4.79 Å². The highest BCUT2D eigenvalue weighted by Gasteiger charge is 2.22. The zero-order valence-corrected chi connectivity index (χ0v) is 10.7. The number of hydrogen-bond acceptors (Lipinski definition) is 4. The molecule has 0 spiro atoms. The first-order valence-electron chi connectivity index (χ1n) is 5.04. The third-order valence-electron chi connectivity index (χ3n) is 2.17. The van der Waals surface area contributed by atoms with Crippen molar-refractivity contribution in [3.63, 3.8) is 0 Å². The van der Waals surface area contributed by atoms with Crippen LogP contribution in [0.2, 0.25) is 5.02 Å². The van der Waals surface area contributed by atoms with E-state index in [0.717, 1.165) is 4.90 Å². The van der Waals surface area contributed by atoms with Crippen LogP contribution in [0.5, 0.6) is 11.5 Å². The largest absolute Gasteiger partial charge is 0.490 e. The zero-order chi connectivity index (χ0) is 12.4. The lowest BCUT2D eigenvalue weighted by atomic mass is 10.3. The Hall–Kier alpha value is -1.07. The minimum atomic E-state index is -1.04. The number of carbonyl (C=O) groups is 1. The van der Waals surface area contributed by atoms with Crippen LogP contribution in [0, 0.1) is 0 Å². The van der Waals surface area contributed by atoms with E-state index in [4.69, 9.17) is 26.2 Å². The molecule has 0 saturated heterocycles. The number of rotatable bonds is 3. The molecule has 92 valence electrons. The predicted molar refractivity (Wildman–Crippen MR) is 65.4 cm³/mol. The van der Waals surface area contributed by atoms with E-state index >= 15 is 0 Å². The van der Waals surface area contributed by atoms with Crippen LogP contribution in [0.1, 0.15) is 6.92 Å². The number of thioether (sulfide) groups is 1. The van der Waals surface area contributed by atoms with Gasteiger partial charge in [0.2, 0.25) is 0 Å². The van der Waals surface area contributed by atoms with E-state index in [-0.39, 0.29) is 0 Å². The summed E-state index contributed by atoms with van der Waals surface area (Å²) in [5.74, 6) is -0.122. The van der Waals surface area contributed by atoms with Crippen LogP contribution in [0.15, 0.2) is 17.0 Å². The van der Waals surface area contributed by atoms with Crippen molar-refractivity contribution < 1.29 is 19.4 Å². The van der Waals surface area contributed by atoms with Crippen LogP contribution in [-0.4, -0.2) is 29.5 Å². The van der Waals surface area contributed by atoms with Gasteiger partial charge in [-0.15, -0.1) is 11.8 Å². The van der Waals surface area contributed by atoms with Gasteiger partial charge in [0.15, 0.2) is 12.4 Å². The summed E-state index contributed by atoms with van der Waals surface area (Å²) < 4.78 is 10.6. The summed E-state index contributed by atoms with van der Waals surface area (Å²) in [5.41, 5.74) is 0. The van der Waals surface area contributed by atoms with E-state index in [0.29, 0.717) is 28.4 Å². The van der Waals surface area contributed by atoms with E-state index < -0.39 is 12.6 Å². The Balaban J connectivity index is 2.23. The molecule has 1 aliphatic rings. The maximum atomic E-state index is 10.4. The number of aliphatic carboxylic acids is 1. The normalized spacial score (nSPS) is 18.1. The molecule has 0 amide bonds. The molecule has 0 radical (unpaired) electrons. The summed E-state index contributed by atoms with van der Waals surface area (Å²) in [7, 11) is 0. The predicted octanol–water partition coefficient (Wildman–Crippen LogP) is 2.68. The topological polar surface area (TPSA) is 55.8 Å². The molecule has 1 aromatic rings. The van der Waals surface area contributed by atoms with Crippen molar-refractivity contribution >= 4 is 29.3 Å². The Kier molecular flexibility index (Phi) is 3.69. The van der Waals surface area contributed by atoms with Gasteiger partial charge in [-0.3, -0.25) is 0 Å². The molecular formula is C11H11ClO4S. The number of hydrogen-bond donors (Lipinski definition) is 1. The Bertz CT molecular complexity index is 449. The summed E-state index contributed by atoms with van der Waals surface area (Å²) >= 11 is 7.78. The van der Waals surface area contributed by atoms with Crippen LogP contribution in [0.4, 0.5) is 0 Å². The molecule has 0 saturated carbocycles. The monoisotopic (exact) mass is 274 g/mol. The number of benzene rings is 1. The lowest BCUT2D eigenvalue weighted by Gasteiger charge is -2.23. The van der Waals surface area contributed by atoms with Gasteiger partial charge in [-0.1, -0.05) is 11.6 Å². The Labute approximate surface area is 108 Å². The van der Waals surface area contributed by atoms with Crippen molar-refractivity contribution in [1.29, 1.82) is 0 Å². The number of fused-ring (bicyclic) bond motifs is 1. The van der Waals surface area contributed by atoms with Crippen molar-refractivity contribution in [2.24, 2.45) is 0 Å². The van der Waals surface area contributed by atoms with Crippen LogP contribution in [0.25, 0.3) is 0 Å². The van der Waals surface area contributed by atoms with Gasteiger partial charge < -0.3 is 14.6 Å². The minimum absolute atomic E-state index is 0.336. The SMILES string of the molecule is CC1COc2c(ccc(OCC(=O)O)c2Cl)S1. The molecule has 1 heterocycles. The van der Waals surface area contributed by atoms with Crippen molar-refractivity contribution in [3.8, 4) is 11.5 Å². The van der Waals surface area contributed by atoms with Gasteiger partial charge >= 0.3 is 5.97 Å². The second-order valence-corrected chi connectivity index (χ2v) is 5.49. The fourth-order valence-corrected chi connectivity index (χ4v) is 2.76. The van der Waals surface area contributed by atoms with Crippen molar-refractivity contribution in [2.75, 3.05) is 13.2 Å². The first-order valence-corrected chi connectivity index (χ1v) is 6.30. The summed E-state index contributed by atoms with van der Waals surface area (Å²) in [6.07, 6.45) is 0. The standard InChI is InChI=1S/C11H11ClO4S/c1-6-4-16-11-8(17-6)3-2-7(10(11)12)15-5-9(13)14/h2-3,6H,4-5H2,1H3,(H,13,14). The first kappa shape index (κ1) is 12.4. The van der Waals surface area contributed by atoms with E-state index in [2.05, 4.69) is 6.92 Å². The maximum absolute atomic E-state index is 10.4. The van der Waals surface area contributed by atoms with Gasteiger partial charge in [0.05, 0.1) is 4.90 Å². The zero-order valence-electron chi connectivity index (χ0n) is 9.10. The van der Waals surface area contributed by atoms with Crippen LogP contribution < -0.4 is 9.47 Å². The average molecular weight is 275 g/mol. The molecule has 0 aromatic heterocycles. The number of ether oxygens (including phenoxy) is 2. The molecule has 1 aliphatic heterocycles. The molecule has 1 atom stereocenters. The van der Waals surface area contributed by atoms with Crippen LogP contribution >= 0.6 is 23.4 Å². The third-order valence-corrected chi connectivity index (χ3v) is 3.64. The molecular weight excluding hydrogens is 264 g/mol. The van der Waals surface area contributed by atoms with Crippen LogP contribution in [0.3, 0.4) is 0 Å². The molecule has 4 nitrogen and oxygen atoms in total. The summed E-state index contributed by atoms with van der Waals surface area (Å²) in [4.78, 5) is 11.4. The van der Waals surface area contributed by atoms with E-state index in [9.17, 15) is 4.79 Å². The first-order chi connectivity index (χ1) is 8.08. The highest BCUT2D eigenvalue weighted by molar-refractivity contribution is 8.00. The molecule has 17 heavy (non-hydrogen) atoms. The van der Waals surface area contributed by atoms with E-state index in [1.54, 1.807) is 17.8 Å². The molecule has 1 N–H and O–H groups in total. The second-order valence-electron chi connectivity index (χ2n) is 3.63. The average Bonchev–Trinajstić information content (AvgIpc) is 2.27. The minimum Gasteiger partial charge on any atom is -0.490 e. The Morgan fingerprint density at radius 3 is 3.18 bits per heavy atom. The van der Waals surface area contributed by atoms with Gasteiger partial charge in [-0.25, -0.2) is 4.79 Å². The lowest BCUT2D eigenvalue weighted by molar-refractivity contribution is -0.139. The summed E-state index contributed by atoms with van der Waals surface area (Å²) in [6, 6.07) is 3.50. The van der Waals surface area contributed by atoms with Gasteiger partial charge in [0, 0.05) is 5.25 Å². The molecule has 0 fully saturated rings. The lowest BCUT2D eigenvalue weighted by Crippen LogP contribution is -2.16. The quantitative estimate of drug-likeness (QED) is 0.918. The molecule has 1 aromatic carbocycles. The molecule has 2 rings (SSSR count). The third kappa shape index (κ3) is 2.79. The molecule has 1 unspecified atom stereocenters. The van der Waals surface area contributed by atoms with Gasteiger partial charge in [-0.2, -0.15) is 0 Å². The van der Waals surface area contributed by atoms with E-state index in [1.165, 1.54) is 0 Å². The smallest absolute Gasteiger partial charge is 0.341 e. The Morgan fingerprint density at radius 1 is 1.71 bits per heavy atom. The number of halogens is 1. The highest BCUT2D eigenvalue weighted by Crippen LogP contribution is 2.45. The molecule has 0 bridgehead atoms. The summed E-state index contributed by atoms with van der Waals surface area (Å²) in [5, 5.41) is 9.25. The second kappa shape index (κ2) is 5.06.